The zero-order chi connectivity index (χ0) is 12.7. The lowest BCUT2D eigenvalue weighted by Crippen LogP contribution is -2.44. The van der Waals surface area contributed by atoms with E-state index in [-0.39, 0.29) is 12.5 Å². The molecule has 1 rings (SSSR count). The van der Waals surface area contributed by atoms with Crippen LogP contribution in [0, 0.1) is 0 Å². The van der Waals surface area contributed by atoms with Crippen LogP contribution in [-0.4, -0.2) is 53.1 Å². The number of carboxylic acid groups (broad SMARTS) is 1. The molecule has 1 fully saturated rings. The molecule has 2 N–H and O–H groups in total. The zero-order valence-electron chi connectivity index (χ0n) is 10.1. The van der Waals surface area contributed by atoms with Gasteiger partial charge in [-0.2, -0.15) is 11.8 Å². The number of aliphatic carboxylic acids is 1. The van der Waals surface area contributed by atoms with E-state index in [0.29, 0.717) is 19.0 Å². The Hall–Kier alpha value is -0.910. The predicted octanol–water partition coefficient (Wildman–Crippen LogP) is 1.39. The third-order valence-corrected chi connectivity index (χ3v) is 3.56. The van der Waals surface area contributed by atoms with Gasteiger partial charge in [-0.1, -0.05) is 0 Å². The Morgan fingerprint density at radius 1 is 1.53 bits per heavy atom. The quantitative estimate of drug-likeness (QED) is 0.708. The fourth-order valence-electron chi connectivity index (χ4n) is 2.01. The average molecular weight is 260 g/mol. The summed E-state index contributed by atoms with van der Waals surface area (Å²) in [4.78, 5) is 24.0. The van der Waals surface area contributed by atoms with Crippen LogP contribution in [0.1, 0.15) is 25.7 Å². The minimum absolute atomic E-state index is 0.0491. The van der Waals surface area contributed by atoms with Crippen molar-refractivity contribution in [3.8, 4) is 0 Å². The Kier molecular flexibility index (Phi) is 6.18. The Labute approximate surface area is 106 Å². The molecule has 0 radical (unpaired) electrons. The van der Waals surface area contributed by atoms with Gasteiger partial charge < -0.3 is 15.3 Å². The minimum atomic E-state index is -0.819. The number of hydrogen-bond acceptors (Lipinski definition) is 3. The van der Waals surface area contributed by atoms with E-state index in [1.165, 1.54) is 0 Å². The first kappa shape index (κ1) is 14.2. The molecular weight excluding hydrogens is 240 g/mol. The highest BCUT2D eigenvalue weighted by Crippen LogP contribution is 2.19. The van der Waals surface area contributed by atoms with E-state index in [4.69, 9.17) is 5.11 Å². The molecule has 0 aromatic rings. The Morgan fingerprint density at radius 2 is 2.29 bits per heavy atom. The molecule has 1 heterocycles. The van der Waals surface area contributed by atoms with Crippen molar-refractivity contribution in [1.82, 2.24) is 10.2 Å². The fourth-order valence-corrected chi connectivity index (χ4v) is 2.74. The van der Waals surface area contributed by atoms with E-state index in [1.807, 2.05) is 11.2 Å². The lowest BCUT2D eigenvalue weighted by Gasteiger charge is -2.24. The van der Waals surface area contributed by atoms with Crippen molar-refractivity contribution in [3.05, 3.63) is 0 Å². The first-order valence-corrected chi connectivity index (χ1v) is 7.29. The highest BCUT2D eigenvalue weighted by atomic mass is 32.2. The second-order valence-corrected chi connectivity index (χ2v) is 5.08. The zero-order valence-corrected chi connectivity index (χ0v) is 11.0. The van der Waals surface area contributed by atoms with Gasteiger partial charge in [0.1, 0.15) is 0 Å². The fraction of sp³-hybridized carbons (Fsp3) is 0.818. The molecule has 0 aromatic heterocycles. The first-order chi connectivity index (χ1) is 8.15. The summed E-state index contributed by atoms with van der Waals surface area (Å²) < 4.78 is 0. The Balaban J connectivity index is 2.24. The maximum atomic E-state index is 11.8. The second-order valence-electron chi connectivity index (χ2n) is 4.17. The van der Waals surface area contributed by atoms with E-state index in [2.05, 4.69) is 5.32 Å². The van der Waals surface area contributed by atoms with Gasteiger partial charge >= 0.3 is 12.0 Å². The minimum Gasteiger partial charge on any atom is -0.481 e. The van der Waals surface area contributed by atoms with Crippen molar-refractivity contribution < 1.29 is 14.7 Å². The van der Waals surface area contributed by atoms with Crippen LogP contribution in [0.15, 0.2) is 0 Å². The van der Waals surface area contributed by atoms with E-state index in [1.54, 1.807) is 11.8 Å². The lowest BCUT2D eigenvalue weighted by atomic mass is 10.2. The number of rotatable bonds is 6. The first-order valence-electron chi connectivity index (χ1n) is 5.90. The monoisotopic (exact) mass is 260 g/mol. The van der Waals surface area contributed by atoms with Crippen molar-refractivity contribution in [3.63, 3.8) is 0 Å². The third-order valence-electron chi connectivity index (χ3n) is 2.84. The number of carbonyl (C=O) groups is 2. The number of urea groups is 1. The standard InChI is InChI=1S/C11H20N2O3S/c1-17-8-9-4-3-7-13(9)11(16)12-6-2-5-10(14)15/h9H,2-8H2,1H3,(H,12,16)(H,14,15). The molecule has 17 heavy (non-hydrogen) atoms. The van der Waals surface area contributed by atoms with Crippen LogP contribution < -0.4 is 5.32 Å². The molecule has 0 aromatic carbocycles. The summed E-state index contributed by atoms with van der Waals surface area (Å²) in [5.74, 6) is 0.156. The third kappa shape index (κ3) is 4.85. The number of likely N-dealkylation sites (tertiary alicyclic amines) is 1. The van der Waals surface area contributed by atoms with Crippen LogP contribution in [0.2, 0.25) is 0 Å². The van der Waals surface area contributed by atoms with Gasteiger partial charge in [-0.05, 0) is 25.5 Å². The normalized spacial score (nSPS) is 19.4. The highest BCUT2D eigenvalue weighted by Gasteiger charge is 2.27. The second kappa shape index (κ2) is 7.42. The molecule has 2 amide bonds. The number of carboxylic acids is 1. The Bertz CT molecular complexity index is 273. The van der Waals surface area contributed by atoms with E-state index in [9.17, 15) is 9.59 Å². The smallest absolute Gasteiger partial charge is 0.317 e. The van der Waals surface area contributed by atoms with Crippen molar-refractivity contribution >= 4 is 23.8 Å². The number of hydrogen-bond donors (Lipinski definition) is 2. The van der Waals surface area contributed by atoms with E-state index >= 15 is 0 Å². The summed E-state index contributed by atoms with van der Waals surface area (Å²) in [6, 6.07) is 0.288. The van der Waals surface area contributed by atoms with Gasteiger partial charge in [-0.15, -0.1) is 0 Å². The molecule has 0 saturated carbocycles. The lowest BCUT2D eigenvalue weighted by molar-refractivity contribution is -0.137. The summed E-state index contributed by atoms with van der Waals surface area (Å²) >= 11 is 1.75. The van der Waals surface area contributed by atoms with Crippen LogP contribution in [0.3, 0.4) is 0 Å². The summed E-state index contributed by atoms with van der Waals surface area (Å²) in [6.45, 7) is 1.25. The van der Waals surface area contributed by atoms with Gasteiger partial charge in [0, 0.05) is 31.3 Å². The van der Waals surface area contributed by atoms with Gasteiger partial charge in [0.25, 0.3) is 0 Å². The molecule has 6 heteroatoms. The summed E-state index contributed by atoms with van der Waals surface area (Å²) in [6.07, 6.45) is 4.77. The topological polar surface area (TPSA) is 69.6 Å². The van der Waals surface area contributed by atoms with Crippen molar-refractivity contribution in [2.45, 2.75) is 31.7 Å². The average Bonchev–Trinajstić information content (AvgIpc) is 2.72. The molecule has 1 saturated heterocycles. The molecule has 1 aliphatic heterocycles. The number of thioether (sulfide) groups is 1. The van der Waals surface area contributed by atoms with Crippen LogP contribution in [0.4, 0.5) is 4.79 Å². The number of carbonyl (C=O) groups excluding carboxylic acids is 1. The molecule has 5 nitrogen and oxygen atoms in total. The van der Waals surface area contributed by atoms with Crippen LogP contribution in [0.25, 0.3) is 0 Å². The van der Waals surface area contributed by atoms with Gasteiger partial charge in [-0.25, -0.2) is 4.79 Å². The summed E-state index contributed by atoms with van der Waals surface area (Å²) in [5.41, 5.74) is 0. The van der Waals surface area contributed by atoms with Crippen LogP contribution in [-0.2, 0) is 4.79 Å². The van der Waals surface area contributed by atoms with Crippen LogP contribution in [0.5, 0.6) is 0 Å². The summed E-state index contributed by atoms with van der Waals surface area (Å²) in [5, 5.41) is 11.3. The number of nitrogens with zero attached hydrogens (tertiary/aromatic N) is 1. The molecule has 98 valence electrons. The van der Waals surface area contributed by atoms with Crippen molar-refractivity contribution in [2.24, 2.45) is 0 Å². The largest absolute Gasteiger partial charge is 0.481 e. The maximum Gasteiger partial charge on any atom is 0.317 e. The maximum absolute atomic E-state index is 11.8. The van der Waals surface area contributed by atoms with E-state index < -0.39 is 5.97 Å². The molecule has 1 unspecified atom stereocenters. The van der Waals surface area contributed by atoms with Gasteiger partial charge in [0.15, 0.2) is 0 Å². The molecule has 1 atom stereocenters. The number of amides is 2. The van der Waals surface area contributed by atoms with Crippen LogP contribution >= 0.6 is 11.8 Å². The van der Waals surface area contributed by atoms with Gasteiger partial charge in [-0.3, -0.25) is 4.79 Å². The predicted molar refractivity (Wildman–Crippen MR) is 68.4 cm³/mol. The Morgan fingerprint density at radius 3 is 2.94 bits per heavy atom. The van der Waals surface area contributed by atoms with Gasteiger partial charge in [0.05, 0.1) is 0 Å². The molecule has 0 bridgehead atoms. The molecule has 1 aliphatic rings. The molecule has 0 aliphatic carbocycles. The number of nitrogens with one attached hydrogen (secondary N) is 1. The van der Waals surface area contributed by atoms with E-state index in [0.717, 1.165) is 25.1 Å². The van der Waals surface area contributed by atoms with Crippen molar-refractivity contribution in [2.75, 3.05) is 25.1 Å². The van der Waals surface area contributed by atoms with Gasteiger partial charge in [0.2, 0.25) is 0 Å². The SMILES string of the molecule is CSCC1CCCN1C(=O)NCCCC(=O)O. The summed E-state index contributed by atoms with van der Waals surface area (Å²) in [7, 11) is 0. The molecule has 0 spiro atoms. The van der Waals surface area contributed by atoms with Crippen molar-refractivity contribution in [1.29, 1.82) is 0 Å². The highest BCUT2D eigenvalue weighted by molar-refractivity contribution is 7.98. The molecular formula is C11H20N2O3S.